The largest absolute Gasteiger partial charge is 0.481 e. The number of para-hydroxylation sites is 1. The molecule has 0 fully saturated rings. The quantitative estimate of drug-likeness (QED) is 0.828. The predicted molar refractivity (Wildman–Crippen MR) is 90.7 cm³/mol. The monoisotopic (exact) mass is 329 g/mol. The number of amides is 1. The second kappa shape index (κ2) is 8.91. The molecule has 0 atom stereocenters. The third kappa shape index (κ3) is 5.08. The Bertz CT molecular complexity index is 716. The van der Waals surface area contributed by atoms with Gasteiger partial charge in [-0.15, -0.1) is 5.10 Å². The molecule has 0 aliphatic carbocycles. The van der Waals surface area contributed by atoms with Crippen molar-refractivity contribution in [3.05, 3.63) is 40.4 Å². The molecule has 0 saturated carbocycles. The van der Waals surface area contributed by atoms with Crippen molar-refractivity contribution in [2.75, 3.05) is 13.2 Å². The van der Waals surface area contributed by atoms with E-state index in [0.717, 1.165) is 41.4 Å². The summed E-state index contributed by atoms with van der Waals surface area (Å²) in [6.07, 6.45) is 1.69. The number of carbonyl (C=O) groups is 1. The van der Waals surface area contributed by atoms with E-state index in [4.69, 9.17) is 4.74 Å². The van der Waals surface area contributed by atoms with Crippen molar-refractivity contribution < 1.29 is 9.53 Å². The molecule has 120 valence electrons. The summed E-state index contributed by atoms with van der Waals surface area (Å²) < 4.78 is 9.40. The lowest BCUT2D eigenvalue weighted by Crippen LogP contribution is -2.23. The first-order valence-corrected chi connectivity index (χ1v) is 8.23. The maximum atomic E-state index is 12.0. The highest BCUT2D eigenvalue weighted by Gasteiger charge is 2.14. The number of benzene rings is 1. The van der Waals surface area contributed by atoms with E-state index in [1.807, 2.05) is 38.1 Å². The summed E-state index contributed by atoms with van der Waals surface area (Å²) in [6, 6.07) is 7.78. The van der Waals surface area contributed by atoms with Crippen LogP contribution in [0.5, 0.6) is 5.75 Å². The second-order valence-corrected chi connectivity index (χ2v) is 5.64. The number of ether oxygens (including phenoxy) is 1. The molecule has 1 N–H and O–H groups in total. The molecule has 1 amide bonds. The van der Waals surface area contributed by atoms with Gasteiger partial charge in [0.1, 0.15) is 17.2 Å². The first-order valence-electron chi connectivity index (χ1n) is 7.46. The zero-order valence-corrected chi connectivity index (χ0v) is 14.1. The Balaban J connectivity index is 1.76. The van der Waals surface area contributed by atoms with E-state index in [2.05, 4.69) is 26.7 Å². The minimum Gasteiger partial charge on any atom is -0.481 e. The van der Waals surface area contributed by atoms with E-state index >= 15 is 0 Å². The molecule has 0 unspecified atom stereocenters. The average molecular weight is 329 g/mol. The number of aryl methyl sites for hydroxylation is 2. The summed E-state index contributed by atoms with van der Waals surface area (Å²) in [4.78, 5) is 12.6. The lowest BCUT2D eigenvalue weighted by atomic mass is 10.2. The Morgan fingerprint density at radius 3 is 2.96 bits per heavy atom. The Hall–Kier alpha value is -2.39. The summed E-state index contributed by atoms with van der Waals surface area (Å²) >= 11 is 1.12. The van der Waals surface area contributed by atoms with Gasteiger partial charge in [-0.1, -0.05) is 47.9 Å². The number of carbonyl (C=O) groups excluding carboxylic acids is 1. The van der Waals surface area contributed by atoms with E-state index in [9.17, 15) is 4.79 Å². The zero-order valence-electron chi connectivity index (χ0n) is 13.3. The molecule has 2 aromatic rings. The van der Waals surface area contributed by atoms with Crippen LogP contribution in [0.1, 0.15) is 34.3 Å². The molecular formula is C17H19N3O2S. The Kier molecular flexibility index (Phi) is 6.57. The predicted octanol–water partition coefficient (Wildman–Crippen LogP) is 2.61. The second-order valence-electron chi connectivity index (χ2n) is 4.89. The van der Waals surface area contributed by atoms with Crippen LogP contribution in [0.2, 0.25) is 0 Å². The van der Waals surface area contributed by atoms with Gasteiger partial charge < -0.3 is 10.1 Å². The molecule has 0 aliphatic heterocycles. The summed E-state index contributed by atoms with van der Waals surface area (Å²) in [5, 5.41) is 6.73. The summed E-state index contributed by atoms with van der Waals surface area (Å²) in [5.41, 5.74) is 1.83. The van der Waals surface area contributed by atoms with Gasteiger partial charge in [0.15, 0.2) is 0 Å². The van der Waals surface area contributed by atoms with Gasteiger partial charge in [0, 0.05) is 0 Å². The van der Waals surface area contributed by atoms with Gasteiger partial charge in [-0.3, -0.25) is 4.79 Å². The van der Waals surface area contributed by atoms with Crippen LogP contribution in [0.4, 0.5) is 0 Å². The Morgan fingerprint density at radius 1 is 1.35 bits per heavy atom. The topological polar surface area (TPSA) is 64.1 Å². The number of hydrogen-bond acceptors (Lipinski definition) is 5. The first kappa shape index (κ1) is 17.0. The molecule has 0 radical (unpaired) electrons. The van der Waals surface area contributed by atoms with Crippen molar-refractivity contribution >= 4 is 17.4 Å². The molecule has 0 aliphatic rings. The minimum absolute atomic E-state index is 0.169. The molecule has 2 rings (SSSR count). The highest BCUT2D eigenvalue weighted by Crippen LogP contribution is 2.15. The van der Waals surface area contributed by atoms with Crippen LogP contribution in [0.25, 0.3) is 0 Å². The summed E-state index contributed by atoms with van der Waals surface area (Å²) in [5.74, 6) is 6.42. The van der Waals surface area contributed by atoms with Crippen LogP contribution in [0.3, 0.4) is 0 Å². The highest BCUT2D eigenvalue weighted by molar-refractivity contribution is 7.08. The maximum absolute atomic E-state index is 12.0. The standard InChI is InChI=1S/C17H19N3O2S/c1-3-8-14-16(23-20-19-14)17(21)18-11-6-7-12-22-15-10-5-4-9-13(15)2/h4-5,9-10H,3,8,11-12H2,1-2H3,(H,18,21). The van der Waals surface area contributed by atoms with Gasteiger partial charge in [-0.05, 0) is 36.5 Å². The normalized spacial score (nSPS) is 9.83. The van der Waals surface area contributed by atoms with Gasteiger partial charge in [-0.25, -0.2) is 0 Å². The van der Waals surface area contributed by atoms with Gasteiger partial charge in [0.2, 0.25) is 0 Å². The highest BCUT2D eigenvalue weighted by atomic mass is 32.1. The number of nitrogens with one attached hydrogen (secondary N) is 1. The fourth-order valence-electron chi connectivity index (χ4n) is 1.93. The fraction of sp³-hybridized carbons (Fsp3) is 0.353. The number of rotatable bonds is 6. The minimum atomic E-state index is -0.169. The first-order chi connectivity index (χ1) is 11.2. The lowest BCUT2D eigenvalue weighted by Gasteiger charge is -2.04. The van der Waals surface area contributed by atoms with E-state index in [-0.39, 0.29) is 12.5 Å². The molecule has 1 aromatic carbocycles. The van der Waals surface area contributed by atoms with Crippen LogP contribution in [-0.2, 0) is 6.42 Å². The van der Waals surface area contributed by atoms with E-state index < -0.39 is 0 Å². The van der Waals surface area contributed by atoms with Crippen molar-refractivity contribution in [3.63, 3.8) is 0 Å². The Morgan fingerprint density at radius 2 is 2.17 bits per heavy atom. The zero-order chi connectivity index (χ0) is 16.5. The van der Waals surface area contributed by atoms with E-state index in [1.165, 1.54) is 0 Å². The van der Waals surface area contributed by atoms with Gasteiger partial charge >= 0.3 is 0 Å². The van der Waals surface area contributed by atoms with Crippen molar-refractivity contribution in [3.8, 4) is 17.6 Å². The lowest BCUT2D eigenvalue weighted by molar-refractivity contribution is 0.0961. The van der Waals surface area contributed by atoms with E-state index in [0.29, 0.717) is 11.5 Å². The molecule has 0 bridgehead atoms. The van der Waals surface area contributed by atoms with Gasteiger partial charge in [-0.2, -0.15) is 0 Å². The van der Waals surface area contributed by atoms with Crippen molar-refractivity contribution in [1.82, 2.24) is 14.9 Å². The van der Waals surface area contributed by atoms with Crippen LogP contribution >= 0.6 is 11.5 Å². The number of hydrogen-bond donors (Lipinski definition) is 1. The summed E-state index contributed by atoms with van der Waals surface area (Å²) in [6.45, 7) is 4.60. The van der Waals surface area contributed by atoms with E-state index in [1.54, 1.807) is 0 Å². The van der Waals surface area contributed by atoms with Crippen LogP contribution in [-0.4, -0.2) is 28.6 Å². The van der Waals surface area contributed by atoms with Crippen molar-refractivity contribution in [2.45, 2.75) is 26.7 Å². The number of nitrogens with zero attached hydrogens (tertiary/aromatic N) is 2. The molecule has 0 spiro atoms. The summed E-state index contributed by atoms with van der Waals surface area (Å²) in [7, 11) is 0. The molecule has 5 nitrogen and oxygen atoms in total. The molecule has 23 heavy (non-hydrogen) atoms. The smallest absolute Gasteiger partial charge is 0.265 e. The molecular weight excluding hydrogens is 310 g/mol. The van der Waals surface area contributed by atoms with Crippen LogP contribution in [0.15, 0.2) is 24.3 Å². The third-order valence-corrected chi connectivity index (χ3v) is 3.87. The van der Waals surface area contributed by atoms with Crippen molar-refractivity contribution in [1.29, 1.82) is 0 Å². The number of aromatic nitrogens is 2. The third-order valence-electron chi connectivity index (χ3n) is 3.10. The molecule has 0 saturated heterocycles. The maximum Gasteiger partial charge on any atom is 0.265 e. The molecule has 1 aromatic heterocycles. The Labute approximate surface area is 140 Å². The van der Waals surface area contributed by atoms with Crippen molar-refractivity contribution in [2.24, 2.45) is 0 Å². The van der Waals surface area contributed by atoms with Gasteiger partial charge in [0.25, 0.3) is 5.91 Å². The fourth-order valence-corrected chi connectivity index (χ4v) is 2.56. The van der Waals surface area contributed by atoms with Gasteiger partial charge in [0.05, 0.1) is 12.2 Å². The van der Waals surface area contributed by atoms with Crippen LogP contribution < -0.4 is 10.1 Å². The average Bonchev–Trinajstić information content (AvgIpc) is 3.01. The SMILES string of the molecule is CCCc1nnsc1C(=O)NCC#CCOc1ccccc1C. The molecule has 6 heteroatoms. The molecule has 1 heterocycles. The van der Waals surface area contributed by atoms with Crippen LogP contribution in [0, 0.1) is 18.8 Å².